The molecule has 1 unspecified atom stereocenters. The van der Waals surface area contributed by atoms with Gasteiger partial charge in [0.05, 0.1) is 0 Å². The summed E-state index contributed by atoms with van der Waals surface area (Å²) in [6.07, 6.45) is 8.43. The molecule has 1 aromatic rings. The molecule has 1 fully saturated rings. The Bertz CT molecular complexity index is 391. The molecule has 1 atom stereocenters. The second-order valence-electron chi connectivity index (χ2n) is 7.39. The van der Waals surface area contributed by atoms with Gasteiger partial charge in [-0.1, -0.05) is 70.7 Å². The zero-order valence-electron chi connectivity index (χ0n) is 13.7. The molecule has 1 aliphatic rings. The molecule has 2 rings (SSSR count). The van der Waals surface area contributed by atoms with Crippen LogP contribution in [-0.2, 0) is 5.41 Å². The third-order valence-corrected chi connectivity index (χ3v) is 4.82. The van der Waals surface area contributed by atoms with Crippen LogP contribution in [0.3, 0.4) is 0 Å². The molecule has 1 heteroatoms. The standard InChI is InChI=1S/C19H31N/c1-19(2,3)17-13-11-16(12-14-17)18(20-4)15-9-7-5-6-8-10-15/h11-15,18,20H,5-10H2,1-4H3. The van der Waals surface area contributed by atoms with E-state index < -0.39 is 0 Å². The first-order valence-corrected chi connectivity index (χ1v) is 8.30. The number of rotatable bonds is 3. The molecule has 112 valence electrons. The highest BCUT2D eigenvalue weighted by molar-refractivity contribution is 5.29. The lowest BCUT2D eigenvalue weighted by atomic mass is 9.83. The second kappa shape index (κ2) is 6.76. The highest BCUT2D eigenvalue weighted by Gasteiger charge is 2.23. The van der Waals surface area contributed by atoms with E-state index >= 15 is 0 Å². The third-order valence-electron chi connectivity index (χ3n) is 4.82. The van der Waals surface area contributed by atoms with Crippen molar-refractivity contribution in [3.63, 3.8) is 0 Å². The second-order valence-corrected chi connectivity index (χ2v) is 7.39. The lowest BCUT2D eigenvalue weighted by Gasteiger charge is -2.27. The highest BCUT2D eigenvalue weighted by Crippen LogP contribution is 2.34. The van der Waals surface area contributed by atoms with Crippen LogP contribution in [0, 0.1) is 5.92 Å². The molecular formula is C19H31N. The van der Waals surface area contributed by atoms with Gasteiger partial charge in [0.25, 0.3) is 0 Å². The molecule has 1 aliphatic carbocycles. The van der Waals surface area contributed by atoms with E-state index in [1.54, 1.807) is 0 Å². The first-order chi connectivity index (χ1) is 9.52. The van der Waals surface area contributed by atoms with Crippen molar-refractivity contribution in [1.82, 2.24) is 5.32 Å². The molecule has 0 amide bonds. The van der Waals surface area contributed by atoms with E-state index in [0.29, 0.717) is 6.04 Å². The Balaban J connectivity index is 2.14. The van der Waals surface area contributed by atoms with Crippen molar-refractivity contribution in [2.75, 3.05) is 7.05 Å². The summed E-state index contributed by atoms with van der Waals surface area (Å²) in [7, 11) is 2.12. The molecule has 0 radical (unpaired) electrons. The Morgan fingerprint density at radius 1 is 0.950 bits per heavy atom. The van der Waals surface area contributed by atoms with Gasteiger partial charge in [-0.25, -0.2) is 0 Å². The molecule has 0 aliphatic heterocycles. The van der Waals surface area contributed by atoms with Crippen LogP contribution in [0.5, 0.6) is 0 Å². The van der Waals surface area contributed by atoms with E-state index in [1.807, 2.05) is 0 Å². The van der Waals surface area contributed by atoms with E-state index in [2.05, 4.69) is 57.4 Å². The number of nitrogens with one attached hydrogen (secondary N) is 1. The summed E-state index contributed by atoms with van der Waals surface area (Å²) in [4.78, 5) is 0. The molecule has 1 nitrogen and oxygen atoms in total. The predicted octanol–water partition coefficient (Wildman–Crippen LogP) is 5.22. The van der Waals surface area contributed by atoms with E-state index in [1.165, 1.54) is 49.7 Å². The maximum Gasteiger partial charge on any atom is 0.0346 e. The van der Waals surface area contributed by atoms with Crippen molar-refractivity contribution in [3.05, 3.63) is 35.4 Å². The van der Waals surface area contributed by atoms with Crippen LogP contribution in [0.25, 0.3) is 0 Å². The quantitative estimate of drug-likeness (QED) is 0.745. The van der Waals surface area contributed by atoms with Gasteiger partial charge in [0, 0.05) is 6.04 Å². The smallest absolute Gasteiger partial charge is 0.0346 e. The zero-order valence-corrected chi connectivity index (χ0v) is 13.7. The molecule has 0 aromatic heterocycles. The van der Waals surface area contributed by atoms with Gasteiger partial charge in [-0.2, -0.15) is 0 Å². The number of hydrogen-bond donors (Lipinski definition) is 1. The average molecular weight is 273 g/mol. The van der Waals surface area contributed by atoms with Gasteiger partial charge in [-0.3, -0.25) is 0 Å². The van der Waals surface area contributed by atoms with Crippen LogP contribution in [0.1, 0.15) is 76.5 Å². The summed E-state index contributed by atoms with van der Waals surface area (Å²) < 4.78 is 0. The van der Waals surface area contributed by atoms with Gasteiger partial charge in [0.1, 0.15) is 0 Å². The third kappa shape index (κ3) is 3.85. The van der Waals surface area contributed by atoms with Crippen LogP contribution in [0.15, 0.2) is 24.3 Å². The Morgan fingerprint density at radius 3 is 1.95 bits per heavy atom. The fourth-order valence-corrected chi connectivity index (χ4v) is 3.51. The van der Waals surface area contributed by atoms with E-state index in [-0.39, 0.29) is 5.41 Å². The first-order valence-electron chi connectivity index (χ1n) is 8.30. The minimum atomic E-state index is 0.246. The van der Waals surface area contributed by atoms with Crippen molar-refractivity contribution in [1.29, 1.82) is 0 Å². The summed E-state index contributed by atoms with van der Waals surface area (Å²) in [6.45, 7) is 6.84. The molecule has 1 N–H and O–H groups in total. The molecule has 0 heterocycles. The molecule has 0 saturated heterocycles. The topological polar surface area (TPSA) is 12.0 Å². The molecule has 20 heavy (non-hydrogen) atoms. The zero-order chi connectivity index (χ0) is 14.6. The van der Waals surface area contributed by atoms with E-state index in [4.69, 9.17) is 0 Å². The lowest BCUT2D eigenvalue weighted by molar-refractivity contribution is 0.341. The van der Waals surface area contributed by atoms with Gasteiger partial charge in [0.2, 0.25) is 0 Å². The van der Waals surface area contributed by atoms with Crippen LogP contribution in [0.2, 0.25) is 0 Å². The summed E-state index contributed by atoms with van der Waals surface area (Å²) in [5.41, 5.74) is 3.14. The lowest BCUT2D eigenvalue weighted by Crippen LogP contribution is -2.25. The fraction of sp³-hybridized carbons (Fsp3) is 0.684. The van der Waals surface area contributed by atoms with Crippen LogP contribution in [-0.4, -0.2) is 7.05 Å². The number of hydrogen-bond acceptors (Lipinski definition) is 1. The van der Waals surface area contributed by atoms with Gasteiger partial charge >= 0.3 is 0 Å². The van der Waals surface area contributed by atoms with Crippen molar-refractivity contribution >= 4 is 0 Å². The maximum atomic E-state index is 3.57. The fourth-order valence-electron chi connectivity index (χ4n) is 3.51. The average Bonchev–Trinajstić information content (AvgIpc) is 2.68. The highest BCUT2D eigenvalue weighted by atomic mass is 14.9. The predicted molar refractivity (Wildman–Crippen MR) is 88.1 cm³/mol. The largest absolute Gasteiger partial charge is 0.313 e. The van der Waals surface area contributed by atoms with E-state index in [9.17, 15) is 0 Å². The van der Waals surface area contributed by atoms with E-state index in [0.717, 1.165) is 5.92 Å². The van der Waals surface area contributed by atoms with Crippen LogP contribution < -0.4 is 5.32 Å². The Labute approximate surface area is 125 Å². The summed E-state index contributed by atoms with van der Waals surface area (Å²) in [5.74, 6) is 0.808. The molecule has 0 bridgehead atoms. The number of benzene rings is 1. The van der Waals surface area contributed by atoms with Gasteiger partial charge in [-0.05, 0) is 42.3 Å². The molecular weight excluding hydrogens is 242 g/mol. The van der Waals surface area contributed by atoms with Crippen molar-refractivity contribution in [2.24, 2.45) is 5.92 Å². The Hall–Kier alpha value is -0.820. The van der Waals surface area contributed by atoms with Crippen molar-refractivity contribution in [3.8, 4) is 0 Å². The van der Waals surface area contributed by atoms with Gasteiger partial charge in [-0.15, -0.1) is 0 Å². The van der Waals surface area contributed by atoms with Gasteiger partial charge in [0.15, 0.2) is 0 Å². The normalized spacial score (nSPS) is 19.6. The first kappa shape index (κ1) is 15.6. The monoisotopic (exact) mass is 273 g/mol. The molecule has 1 aromatic carbocycles. The molecule has 0 spiro atoms. The maximum absolute atomic E-state index is 3.57. The SMILES string of the molecule is CNC(c1ccc(C(C)(C)C)cc1)C1CCCCCC1. The van der Waals surface area contributed by atoms with Crippen molar-refractivity contribution < 1.29 is 0 Å². The minimum Gasteiger partial charge on any atom is -0.313 e. The van der Waals surface area contributed by atoms with Gasteiger partial charge < -0.3 is 5.32 Å². The Morgan fingerprint density at radius 2 is 1.50 bits per heavy atom. The van der Waals surface area contributed by atoms with Crippen LogP contribution in [0.4, 0.5) is 0 Å². The van der Waals surface area contributed by atoms with Crippen molar-refractivity contribution in [2.45, 2.75) is 70.8 Å². The minimum absolute atomic E-state index is 0.246. The molecule has 1 saturated carbocycles. The summed E-state index contributed by atoms with van der Waals surface area (Å²) in [6, 6.07) is 9.84. The summed E-state index contributed by atoms with van der Waals surface area (Å²) in [5, 5.41) is 3.57. The summed E-state index contributed by atoms with van der Waals surface area (Å²) >= 11 is 0. The van der Waals surface area contributed by atoms with Crippen LogP contribution >= 0.6 is 0 Å². The Kier molecular flexibility index (Phi) is 5.26.